The molecule has 2 nitrogen and oxygen atoms in total. The molecular weight excluding hydrogens is 224 g/mol. The van der Waals surface area contributed by atoms with Crippen LogP contribution in [0.3, 0.4) is 0 Å². The van der Waals surface area contributed by atoms with E-state index in [1.807, 2.05) is 0 Å². The Kier molecular flexibility index (Phi) is 16.8. The van der Waals surface area contributed by atoms with Crippen LogP contribution in [0.5, 0.6) is 0 Å². The first-order chi connectivity index (χ1) is 8.47. The van der Waals surface area contributed by atoms with Gasteiger partial charge in [-0.15, -0.1) is 0 Å². The van der Waals surface area contributed by atoms with Gasteiger partial charge in [-0.25, -0.2) is 0 Å². The van der Waals surface area contributed by atoms with Crippen molar-refractivity contribution in [2.24, 2.45) is 17.8 Å². The molecule has 0 aliphatic rings. The molecular formula is C16H36O2. The molecule has 0 spiro atoms. The van der Waals surface area contributed by atoms with E-state index in [4.69, 9.17) is 10.2 Å². The van der Waals surface area contributed by atoms with Crippen LogP contribution in [-0.4, -0.2) is 23.4 Å². The van der Waals surface area contributed by atoms with Crippen LogP contribution in [0.15, 0.2) is 0 Å². The molecule has 0 saturated heterocycles. The largest absolute Gasteiger partial charge is 0.397 e. The molecule has 0 unspecified atom stereocenters. The third-order valence-corrected chi connectivity index (χ3v) is 3.18. The van der Waals surface area contributed by atoms with Crippen LogP contribution in [0.2, 0.25) is 0 Å². The van der Waals surface area contributed by atoms with E-state index in [-0.39, 0.29) is 6.61 Å². The summed E-state index contributed by atoms with van der Waals surface area (Å²) in [5, 5.41) is 16.5. The Labute approximate surface area is 115 Å². The van der Waals surface area contributed by atoms with Crippen LogP contribution in [0.4, 0.5) is 0 Å². The monoisotopic (exact) mass is 260 g/mol. The van der Waals surface area contributed by atoms with Crippen LogP contribution >= 0.6 is 0 Å². The number of aliphatic hydroxyl groups excluding tert-OH is 2. The predicted octanol–water partition coefficient (Wildman–Crippen LogP) is 4.25. The molecule has 2 atom stereocenters. The van der Waals surface area contributed by atoms with Crippen molar-refractivity contribution in [2.45, 2.75) is 73.1 Å². The fourth-order valence-electron chi connectivity index (χ4n) is 1.92. The zero-order valence-electron chi connectivity index (χ0n) is 13.3. The van der Waals surface area contributed by atoms with E-state index >= 15 is 0 Å². The minimum absolute atomic E-state index is 0.250. The zero-order valence-corrected chi connectivity index (χ0v) is 13.3. The first kappa shape index (κ1) is 20.2. The molecule has 0 aliphatic carbocycles. The van der Waals surface area contributed by atoms with Crippen molar-refractivity contribution in [3.05, 3.63) is 0 Å². The van der Waals surface area contributed by atoms with Crippen molar-refractivity contribution >= 4 is 0 Å². The Hall–Kier alpha value is -0.0800. The van der Waals surface area contributed by atoms with Gasteiger partial charge in [0.05, 0.1) is 0 Å². The molecule has 0 aromatic carbocycles. The molecule has 18 heavy (non-hydrogen) atoms. The summed E-state index contributed by atoms with van der Waals surface area (Å²) < 4.78 is 0. The highest BCUT2D eigenvalue weighted by atomic mass is 16.3. The molecule has 0 aromatic rings. The molecule has 0 amide bonds. The van der Waals surface area contributed by atoms with Gasteiger partial charge in [-0.3, -0.25) is 0 Å². The van der Waals surface area contributed by atoms with Crippen LogP contribution in [0.25, 0.3) is 0 Å². The zero-order chi connectivity index (χ0) is 14.4. The van der Waals surface area contributed by atoms with E-state index in [9.17, 15) is 0 Å². The fraction of sp³-hybridized carbons (Fsp3) is 1.00. The second-order valence-electron chi connectivity index (χ2n) is 5.96. The molecule has 0 rings (SSSR count). The van der Waals surface area contributed by atoms with Gasteiger partial charge in [-0.05, 0) is 31.1 Å². The Morgan fingerprint density at radius 1 is 0.722 bits per heavy atom. The van der Waals surface area contributed by atoms with Gasteiger partial charge in [-0.1, -0.05) is 59.8 Å². The van der Waals surface area contributed by atoms with E-state index in [0.29, 0.717) is 12.5 Å². The maximum Gasteiger partial charge on any atom is 0.0456 e. The van der Waals surface area contributed by atoms with Crippen molar-refractivity contribution in [3.63, 3.8) is 0 Å². The first-order valence-electron chi connectivity index (χ1n) is 7.69. The van der Waals surface area contributed by atoms with Crippen molar-refractivity contribution < 1.29 is 10.2 Å². The van der Waals surface area contributed by atoms with Gasteiger partial charge in [0.2, 0.25) is 0 Å². The second-order valence-corrected chi connectivity index (χ2v) is 5.96. The number of aliphatic hydroxyl groups is 2. The summed E-state index contributed by atoms with van der Waals surface area (Å²) in [6.07, 6.45) is 7.94. The van der Waals surface area contributed by atoms with E-state index in [2.05, 4.69) is 27.7 Å². The molecule has 112 valence electrons. The minimum Gasteiger partial charge on any atom is -0.397 e. The third-order valence-electron chi connectivity index (χ3n) is 3.18. The van der Waals surface area contributed by atoms with Crippen LogP contribution in [-0.2, 0) is 0 Å². The maximum absolute atomic E-state index is 8.90. The van der Waals surface area contributed by atoms with Crippen LogP contribution in [0.1, 0.15) is 73.1 Å². The van der Waals surface area contributed by atoms with Gasteiger partial charge >= 0.3 is 0 Å². The highest BCUT2D eigenvalue weighted by Gasteiger charge is 2.05. The topological polar surface area (TPSA) is 40.5 Å². The SMILES string of the molecule is CC(C)CCC[C@@H](C)CCC[C@@H](C)CO.CCO. The number of hydrogen-bond acceptors (Lipinski definition) is 2. The Morgan fingerprint density at radius 2 is 1.11 bits per heavy atom. The third kappa shape index (κ3) is 18.3. The lowest BCUT2D eigenvalue weighted by molar-refractivity contribution is 0.225. The predicted molar refractivity (Wildman–Crippen MR) is 80.7 cm³/mol. The van der Waals surface area contributed by atoms with Gasteiger partial charge in [0.25, 0.3) is 0 Å². The van der Waals surface area contributed by atoms with Crippen molar-refractivity contribution in [1.29, 1.82) is 0 Å². The summed E-state index contributed by atoms with van der Waals surface area (Å²) in [6, 6.07) is 0. The van der Waals surface area contributed by atoms with Gasteiger partial charge in [0.15, 0.2) is 0 Å². The smallest absolute Gasteiger partial charge is 0.0456 e. The lowest BCUT2D eigenvalue weighted by Gasteiger charge is -2.13. The summed E-state index contributed by atoms with van der Waals surface area (Å²) >= 11 is 0. The highest BCUT2D eigenvalue weighted by molar-refractivity contribution is 4.58. The lowest BCUT2D eigenvalue weighted by Crippen LogP contribution is -2.02. The minimum atomic E-state index is 0.250. The summed E-state index contributed by atoms with van der Waals surface area (Å²) in [7, 11) is 0. The summed E-state index contributed by atoms with van der Waals surface area (Å²) in [5.74, 6) is 2.22. The van der Waals surface area contributed by atoms with E-state index in [0.717, 1.165) is 11.8 Å². The molecule has 0 fully saturated rings. The number of rotatable bonds is 9. The fourth-order valence-corrected chi connectivity index (χ4v) is 1.92. The Morgan fingerprint density at radius 3 is 1.50 bits per heavy atom. The van der Waals surface area contributed by atoms with Crippen molar-refractivity contribution in [1.82, 2.24) is 0 Å². The molecule has 0 heterocycles. The quantitative estimate of drug-likeness (QED) is 0.651. The normalized spacial score (nSPS) is 14.0. The van der Waals surface area contributed by atoms with E-state index in [1.165, 1.54) is 38.5 Å². The summed E-state index contributed by atoms with van der Waals surface area (Å²) in [6.45, 7) is 11.4. The second kappa shape index (κ2) is 15.0. The van der Waals surface area contributed by atoms with Gasteiger partial charge in [0.1, 0.15) is 0 Å². The van der Waals surface area contributed by atoms with Gasteiger partial charge in [-0.2, -0.15) is 0 Å². The average Bonchev–Trinajstić information content (AvgIpc) is 2.29. The molecule has 0 aliphatic heterocycles. The molecule has 0 radical (unpaired) electrons. The standard InChI is InChI=1S/C14H30O.C2H6O/c1-12(2)7-5-8-13(3)9-6-10-14(4)11-15;1-2-3/h12-15H,5-11H2,1-4H3;3H,2H2,1H3/t13-,14-;/m1./s1. The Balaban J connectivity index is 0. The lowest BCUT2D eigenvalue weighted by atomic mass is 9.94. The first-order valence-corrected chi connectivity index (χ1v) is 7.69. The highest BCUT2D eigenvalue weighted by Crippen LogP contribution is 2.18. The molecule has 0 aromatic heterocycles. The van der Waals surface area contributed by atoms with Crippen molar-refractivity contribution in [2.75, 3.05) is 13.2 Å². The van der Waals surface area contributed by atoms with Gasteiger partial charge in [0, 0.05) is 13.2 Å². The van der Waals surface area contributed by atoms with E-state index < -0.39 is 0 Å². The Bertz CT molecular complexity index is 146. The number of hydrogen-bond donors (Lipinski definition) is 2. The van der Waals surface area contributed by atoms with Crippen LogP contribution < -0.4 is 0 Å². The molecule has 0 saturated carbocycles. The molecule has 2 N–H and O–H groups in total. The van der Waals surface area contributed by atoms with Gasteiger partial charge < -0.3 is 10.2 Å². The molecule has 2 heteroatoms. The summed E-state index contributed by atoms with van der Waals surface area (Å²) in [4.78, 5) is 0. The summed E-state index contributed by atoms with van der Waals surface area (Å²) in [5.41, 5.74) is 0. The van der Waals surface area contributed by atoms with Crippen LogP contribution in [0, 0.1) is 17.8 Å². The van der Waals surface area contributed by atoms with Crippen molar-refractivity contribution in [3.8, 4) is 0 Å². The molecule has 0 bridgehead atoms. The maximum atomic E-state index is 8.90. The van der Waals surface area contributed by atoms with E-state index in [1.54, 1.807) is 6.92 Å². The average molecular weight is 260 g/mol.